The van der Waals surface area contributed by atoms with Crippen molar-refractivity contribution in [1.82, 2.24) is 9.55 Å². The molecule has 2 aromatic rings. The molecule has 19 heavy (non-hydrogen) atoms. The molecule has 0 unspecified atom stereocenters. The molecule has 1 aromatic heterocycles. The van der Waals surface area contributed by atoms with Crippen LogP contribution in [0.15, 0.2) is 24.4 Å². The largest absolute Gasteiger partial charge is 0.383 e. The maximum Gasteiger partial charge on any atom is 0.207 e. The number of imidazole rings is 1. The van der Waals surface area contributed by atoms with Gasteiger partial charge in [0.1, 0.15) is 5.82 Å². The normalized spacial score (nSPS) is 10.7. The summed E-state index contributed by atoms with van der Waals surface area (Å²) in [5.74, 6) is 0.132. The average molecular weight is 284 g/mol. The van der Waals surface area contributed by atoms with Crippen molar-refractivity contribution in [2.75, 3.05) is 19.0 Å². The highest BCUT2D eigenvalue weighted by Crippen LogP contribution is 2.27. The Morgan fingerprint density at radius 3 is 2.95 bits per heavy atom. The summed E-state index contributed by atoms with van der Waals surface area (Å²) < 4.78 is 20.6. The van der Waals surface area contributed by atoms with Crippen LogP contribution in [0.2, 0.25) is 5.02 Å². The van der Waals surface area contributed by atoms with E-state index >= 15 is 0 Å². The smallest absolute Gasteiger partial charge is 0.207 e. The number of aryl methyl sites for hydroxylation is 1. The molecule has 0 saturated carbocycles. The van der Waals surface area contributed by atoms with Crippen LogP contribution in [0.5, 0.6) is 0 Å². The third-order valence-corrected chi connectivity index (χ3v) is 2.95. The van der Waals surface area contributed by atoms with Crippen molar-refractivity contribution >= 4 is 23.2 Å². The molecular formula is C13H15ClFN3O. The lowest BCUT2D eigenvalue weighted by Gasteiger charge is -2.11. The third-order valence-electron chi connectivity index (χ3n) is 2.63. The second kappa shape index (κ2) is 6.04. The van der Waals surface area contributed by atoms with Crippen LogP contribution in [0.25, 0.3) is 0 Å². The van der Waals surface area contributed by atoms with Crippen LogP contribution in [0.1, 0.15) is 5.69 Å². The van der Waals surface area contributed by atoms with E-state index < -0.39 is 5.82 Å². The first-order chi connectivity index (χ1) is 9.11. The van der Waals surface area contributed by atoms with Crippen molar-refractivity contribution in [2.24, 2.45) is 0 Å². The molecule has 0 aliphatic rings. The fourth-order valence-corrected chi connectivity index (χ4v) is 1.95. The first-order valence-electron chi connectivity index (χ1n) is 5.85. The van der Waals surface area contributed by atoms with Gasteiger partial charge in [-0.2, -0.15) is 0 Å². The van der Waals surface area contributed by atoms with E-state index in [0.29, 0.717) is 24.1 Å². The minimum absolute atomic E-state index is 0.230. The Morgan fingerprint density at radius 2 is 2.26 bits per heavy atom. The molecule has 102 valence electrons. The fourth-order valence-electron chi connectivity index (χ4n) is 1.74. The molecule has 0 radical (unpaired) electrons. The Bertz CT molecular complexity index is 551. The second-order valence-corrected chi connectivity index (χ2v) is 4.52. The van der Waals surface area contributed by atoms with Gasteiger partial charge in [0.25, 0.3) is 0 Å². The molecular weight excluding hydrogens is 269 g/mol. The number of ether oxygens (including phenoxy) is 1. The van der Waals surface area contributed by atoms with Gasteiger partial charge in [0.15, 0.2) is 0 Å². The molecule has 0 aliphatic carbocycles. The minimum Gasteiger partial charge on any atom is -0.383 e. The molecule has 1 aromatic carbocycles. The summed E-state index contributed by atoms with van der Waals surface area (Å²) in [6.07, 6.45) is 1.87. The molecule has 1 N–H and O–H groups in total. The summed E-state index contributed by atoms with van der Waals surface area (Å²) in [7, 11) is 1.63. The van der Waals surface area contributed by atoms with Crippen molar-refractivity contribution < 1.29 is 9.13 Å². The van der Waals surface area contributed by atoms with Crippen molar-refractivity contribution in [3.8, 4) is 0 Å². The van der Waals surface area contributed by atoms with E-state index in [2.05, 4.69) is 10.3 Å². The maximum absolute atomic E-state index is 13.7. The highest BCUT2D eigenvalue weighted by atomic mass is 35.5. The highest BCUT2D eigenvalue weighted by Gasteiger charge is 2.11. The Morgan fingerprint density at radius 1 is 1.47 bits per heavy atom. The number of hydrogen-bond acceptors (Lipinski definition) is 3. The van der Waals surface area contributed by atoms with Crippen LogP contribution < -0.4 is 5.32 Å². The molecule has 4 nitrogen and oxygen atoms in total. The summed E-state index contributed by atoms with van der Waals surface area (Å²) in [6, 6.07) is 4.54. The number of benzene rings is 1. The minimum atomic E-state index is -0.411. The topological polar surface area (TPSA) is 39.1 Å². The Hall–Kier alpha value is -1.59. The molecule has 0 amide bonds. The third kappa shape index (κ3) is 3.24. The number of nitrogens with zero attached hydrogens (tertiary/aromatic N) is 2. The molecule has 1 heterocycles. The number of aromatic nitrogens is 2. The zero-order chi connectivity index (χ0) is 13.8. The summed E-state index contributed by atoms with van der Waals surface area (Å²) in [4.78, 5) is 4.31. The van der Waals surface area contributed by atoms with Gasteiger partial charge in [-0.3, -0.25) is 0 Å². The van der Waals surface area contributed by atoms with Gasteiger partial charge in [0, 0.05) is 19.9 Å². The van der Waals surface area contributed by atoms with E-state index in [4.69, 9.17) is 16.3 Å². The molecule has 6 heteroatoms. The number of halogens is 2. The predicted octanol–water partition coefficient (Wildman–Crippen LogP) is 3.37. The molecule has 0 saturated heterocycles. The van der Waals surface area contributed by atoms with Crippen LogP contribution in [-0.2, 0) is 11.3 Å². The van der Waals surface area contributed by atoms with Crippen LogP contribution >= 0.6 is 11.6 Å². The van der Waals surface area contributed by atoms with E-state index in [1.807, 2.05) is 17.7 Å². The van der Waals surface area contributed by atoms with E-state index in [1.54, 1.807) is 19.2 Å². The molecule has 2 rings (SSSR count). The SMILES string of the molecule is COCCn1cc(C)nc1Nc1c(F)cccc1Cl. The van der Waals surface area contributed by atoms with Gasteiger partial charge in [-0.15, -0.1) is 0 Å². The van der Waals surface area contributed by atoms with Crippen molar-refractivity contribution in [2.45, 2.75) is 13.5 Å². The van der Waals surface area contributed by atoms with Crippen LogP contribution in [-0.4, -0.2) is 23.3 Å². The number of methoxy groups -OCH3 is 1. The van der Waals surface area contributed by atoms with Gasteiger partial charge in [-0.25, -0.2) is 9.37 Å². The zero-order valence-corrected chi connectivity index (χ0v) is 11.5. The molecule has 0 fully saturated rings. The Kier molecular flexibility index (Phi) is 4.39. The summed E-state index contributed by atoms with van der Waals surface area (Å²) in [5.41, 5.74) is 1.07. The van der Waals surface area contributed by atoms with E-state index in [0.717, 1.165) is 5.69 Å². The maximum atomic E-state index is 13.7. The molecule has 0 atom stereocenters. The summed E-state index contributed by atoms with van der Waals surface area (Å²) in [6.45, 7) is 3.05. The number of para-hydroxylation sites is 1. The van der Waals surface area contributed by atoms with Crippen LogP contribution in [0, 0.1) is 12.7 Å². The summed E-state index contributed by atoms with van der Waals surface area (Å²) >= 11 is 5.98. The number of rotatable bonds is 5. The van der Waals surface area contributed by atoms with Crippen LogP contribution in [0.4, 0.5) is 16.0 Å². The van der Waals surface area contributed by atoms with Gasteiger partial charge in [0.05, 0.1) is 23.0 Å². The second-order valence-electron chi connectivity index (χ2n) is 4.11. The predicted molar refractivity (Wildman–Crippen MR) is 73.5 cm³/mol. The Labute approximate surface area is 116 Å². The molecule has 0 spiro atoms. The lowest BCUT2D eigenvalue weighted by Crippen LogP contribution is -2.08. The lowest BCUT2D eigenvalue weighted by atomic mass is 10.3. The van der Waals surface area contributed by atoms with Gasteiger partial charge in [-0.1, -0.05) is 17.7 Å². The van der Waals surface area contributed by atoms with E-state index in [9.17, 15) is 4.39 Å². The first kappa shape index (κ1) is 13.8. The van der Waals surface area contributed by atoms with Crippen molar-refractivity contribution in [1.29, 1.82) is 0 Å². The number of hydrogen-bond donors (Lipinski definition) is 1. The zero-order valence-electron chi connectivity index (χ0n) is 10.8. The summed E-state index contributed by atoms with van der Waals surface area (Å²) in [5, 5.41) is 3.25. The van der Waals surface area contributed by atoms with Gasteiger partial charge in [-0.05, 0) is 19.1 Å². The van der Waals surface area contributed by atoms with Gasteiger partial charge >= 0.3 is 0 Å². The van der Waals surface area contributed by atoms with Crippen molar-refractivity contribution in [3.05, 3.63) is 40.9 Å². The molecule has 0 aliphatic heterocycles. The first-order valence-corrected chi connectivity index (χ1v) is 6.23. The number of anilines is 2. The van der Waals surface area contributed by atoms with Crippen molar-refractivity contribution in [3.63, 3.8) is 0 Å². The quantitative estimate of drug-likeness (QED) is 0.914. The van der Waals surface area contributed by atoms with Crippen LogP contribution in [0.3, 0.4) is 0 Å². The Balaban J connectivity index is 2.27. The average Bonchev–Trinajstić information content (AvgIpc) is 2.72. The monoisotopic (exact) mass is 283 g/mol. The fraction of sp³-hybridized carbons (Fsp3) is 0.308. The highest BCUT2D eigenvalue weighted by molar-refractivity contribution is 6.33. The lowest BCUT2D eigenvalue weighted by molar-refractivity contribution is 0.188. The standard InChI is InChI=1S/C13H15ClFN3O/c1-9-8-18(6-7-19-2)13(16-9)17-12-10(14)4-3-5-11(12)15/h3-5,8H,6-7H2,1-2H3,(H,16,17). The van der Waals surface area contributed by atoms with Gasteiger partial charge in [0.2, 0.25) is 5.95 Å². The molecule has 0 bridgehead atoms. The van der Waals surface area contributed by atoms with Gasteiger partial charge < -0.3 is 14.6 Å². The number of nitrogens with one attached hydrogen (secondary N) is 1. The van der Waals surface area contributed by atoms with E-state index in [1.165, 1.54) is 6.07 Å². The van der Waals surface area contributed by atoms with E-state index in [-0.39, 0.29) is 5.69 Å².